The van der Waals surface area contributed by atoms with Crippen molar-refractivity contribution in [2.75, 3.05) is 20.3 Å². The van der Waals surface area contributed by atoms with Gasteiger partial charge in [0.15, 0.2) is 11.5 Å². The van der Waals surface area contributed by atoms with Gasteiger partial charge in [-0.1, -0.05) is 12.1 Å². The maximum Gasteiger partial charge on any atom is 0.165 e. The molecule has 25 heavy (non-hydrogen) atoms. The first-order valence-electron chi connectivity index (χ1n) is 9.14. The quantitative estimate of drug-likeness (QED) is 0.808. The predicted molar refractivity (Wildman–Crippen MR) is 96.0 cm³/mol. The molecule has 2 heterocycles. The highest BCUT2D eigenvalue weighted by Gasteiger charge is 2.28. The van der Waals surface area contributed by atoms with Crippen LogP contribution in [0.4, 0.5) is 0 Å². The molecule has 5 heteroatoms. The lowest BCUT2D eigenvalue weighted by molar-refractivity contribution is 0.234. The molecule has 2 aromatic rings. The van der Waals surface area contributed by atoms with Crippen LogP contribution in [0.25, 0.3) is 0 Å². The third kappa shape index (κ3) is 3.47. The summed E-state index contributed by atoms with van der Waals surface area (Å²) >= 11 is 0. The standard InChI is InChI=1S/C20H25N3O2/c1-3-25-19-15(5-4-6-18(19)24-2)12-23-10-9-17-16(13-23)11-21-20(22-17)14-7-8-14/h4-6,11,14H,3,7-10,12-13H2,1-2H3. The van der Waals surface area contributed by atoms with Crippen molar-refractivity contribution in [2.45, 2.75) is 45.2 Å². The second-order valence-electron chi connectivity index (χ2n) is 6.82. The van der Waals surface area contributed by atoms with Crippen LogP contribution in [0.15, 0.2) is 24.4 Å². The Balaban J connectivity index is 1.51. The molecule has 0 bridgehead atoms. The molecule has 1 aliphatic heterocycles. The fourth-order valence-electron chi connectivity index (χ4n) is 3.46. The number of methoxy groups -OCH3 is 1. The van der Waals surface area contributed by atoms with E-state index in [0.29, 0.717) is 12.5 Å². The van der Waals surface area contributed by atoms with E-state index in [4.69, 9.17) is 14.5 Å². The van der Waals surface area contributed by atoms with Gasteiger partial charge in [0.2, 0.25) is 0 Å². The number of benzene rings is 1. The Morgan fingerprint density at radius 3 is 2.92 bits per heavy atom. The van der Waals surface area contributed by atoms with Crippen LogP contribution in [0.1, 0.15) is 48.3 Å². The SMILES string of the molecule is CCOc1c(CN2CCc3nc(C4CC4)ncc3C2)cccc1OC. The van der Waals surface area contributed by atoms with Gasteiger partial charge in [0.05, 0.1) is 13.7 Å². The summed E-state index contributed by atoms with van der Waals surface area (Å²) in [7, 11) is 1.69. The van der Waals surface area contributed by atoms with E-state index in [1.54, 1.807) is 7.11 Å². The summed E-state index contributed by atoms with van der Waals surface area (Å²) in [5, 5.41) is 0. The lowest BCUT2D eigenvalue weighted by Crippen LogP contribution is -2.31. The van der Waals surface area contributed by atoms with Gasteiger partial charge in [-0.15, -0.1) is 0 Å². The summed E-state index contributed by atoms with van der Waals surface area (Å²) in [6.07, 6.45) is 5.53. The fourth-order valence-corrected chi connectivity index (χ4v) is 3.46. The van der Waals surface area contributed by atoms with E-state index >= 15 is 0 Å². The van der Waals surface area contributed by atoms with Crippen molar-refractivity contribution in [3.05, 3.63) is 47.0 Å². The lowest BCUT2D eigenvalue weighted by Gasteiger charge is -2.29. The van der Waals surface area contributed by atoms with Gasteiger partial charge in [0.25, 0.3) is 0 Å². The second-order valence-corrected chi connectivity index (χ2v) is 6.82. The van der Waals surface area contributed by atoms with Gasteiger partial charge in [-0.25, -0.2) is 9.97 Å². The van der Waals surface area contributed by atoms with Crippen molar-refractivity contribution in [3.63, 3.8) is 0 Å². The van der Waals surface area contributed by atoms with E-state index in [2.05, 4.69) is 16.0 Å². The number of hydrogen-bond acceptors (Lipinski definition) is 5. The molecule has 132 valence electrons. The summed E-state index contributed by atoms with van der Waals surface area (Å²) in [6.45, 7) is 5.38. The van der Waals surface area contributed by atoms with Crippen molar-refractivity contribution < 1.29 is 9.47 Å². The van der Waals surface area contributed by atoms with Crippen LogP contribution in [0, 0.1) is 0 Å². The highest BCUT2D eigenvalue weighted by atomic mass is 16.5. The summed E-state index contributed by atoms with van der Waals surface area (Å²) < 4.78 is 11.3. The number of aromatic nitrogens is 2. The molecule has 5 nitrogen and oxygen atoms in total. The molecule has 0 spiro atoms. The Morgan fingerprint density at radius 1 is 1.28 bits per heavy atom. The Kier molecular flexibility index (Phi) is 4.57. The van der Waals surface area contributed by atoms with Crippen molar-refractivity contribution >= 4 is 0 Å². The molecule has 1 aliphatic carbocycles. The monoisotopic (exact) mass is 339 g/mol. The van der Waals surface area contributed by atoms with Gasteiger partial charge in [-0.05, 0) is 25.8 Å². The maximum atomic E-state index is 5.84. The van der Waals surface area contributed by atoms with Gasteiger partial charge in [0.1, 0.15) is 5.82 Å². The molecule has 2 aliphatic rings. The zero-order valence-corrected chi connectivity index (χ0v) is 15.0. The van der Waals surface area contributed by atoms with E-state index in [9.17, 15) is 0 Å². The number of ether oxygens (including phenoxy) is 2. The minimum atomic E-state index is 0.619. The molecule has 1 fully saturated rings. The number of para-hydroxylation sites is 1. The van der Waals surface area contributed by atoms with Crippen molar-refractivity contribution in [1.29, 1.82) is 0 Å². The molecule has 0 radical (unpaired) electrons. The normalized spacial score (nSPS) is 17.2. The number of rotatable bonds is 6. The summed E-state index contributed by atoms with van der Waals surface area (Å²) in [5.74, 6) is 3.33. The molecule has 4 rings (SSSR count). The van der Waals surface area contributed by atoms with E-state index in [1.807, 2.05) is 25.3 Å². The molecule has 1 saturated carbocycles. The Morgan fingerprint density at radius 2 is 2.16 bits per heavy atom. The van der Waals surface area contributed by atoms with Gasteiger partial charge in [-0.2, -0.15) is 0 Å². The average molecular weight is 339 g/mol. The first kappa shape index (κ1) is 16.3. The third-order valence-electron chi connectivity index (χ3n) is 4.94. The highest BCUT2D eigenvalue weighted by Crippen LogP contribution is 2.38. The van der Waals surface area contributed by atoms with Gasteiger partial charge >= 0.3 is 0 Å². The van der Waals surface area contributed by atoms with Crippen molar-refractivity contribution in [3.8, 4) is 11.5 Å². The van der Waals surface area contributed by atoms with Gasteiger partial charge in [0, 0.05) is 55.0 Å². The minimum absolute atomic E-state index is 0.619. The molecule has 0 atom stereocenters. The van der Waals surface area contributed by atoms with Crippen LogP contribution in [0.2, 0.25) is 0 Å². The summed E-state index contributed by atoms with van der Waals surface area (Å²) in [5.41, 5.74) is 3.67. The Labute approximate surface area is 149 Å². The number of fused-ring (bicyclic) bond motifs is 1. The largest absolute Gasteiger partial charge is 0.493 e. The summed E-state index contributed by atoms with van der Waals surface area (Å²) in [6, 6.07) is 6.10. The zero-order valence-electron chi connectivity index (χ0n) is 15.0. The molecule has 0 unspecified atom stereocenters. The van der Waals surface area contributed by atoms with Gasteiger partial charge < -0.3 is 9.47 Å². The molecular formula is C20H25N3O2. The van der Waals surface area contributed by atoms with Crippen LogP contribution in [0.3, 0.4) is 0 Å². The molecule has 0 amide bonds. The lowest BCUT2D eigenvalue weighted by atomic mass is 10.1. The molecule has 1 aromatic heterocycles. The second kappa shape index (κ2) is 7.00. The first-order valence-corrected chi connectivity index (χ1v) is 9.14. The zero-order chi connectivity index (χ0) is 17.2. The molecule has 0 saturated heterocycles. The highest BCUT2D eigenvalue weighted by molar-refractivity contribution is 5.46. The summed E-state index contributed by atoms with van der Waals surface area (Å²) in [4.78, 5) is 11.8. The maximum absolute atomic E-state index is 5.84. The number of hydrogen-bond donors (Lipinski definition) is 0. The Bertz CT molecular complexity index is 759. The van der Waals surface area contributed by atoms with Crippen LogP contribution >= 0.6 is 0 Å². The van der Waals surface area contributed by atoms with Crippen LogP contribution in [0.5, 0.6) is 11.5 Å². The van der Waals surface area contributed by atoms with E-state index in [1.165, 1.54) is 29.7 Å². The van der Waals surface area contributed by atoms with Crippen LogP contribution in [-0.4, -0.2) is 35.1 Å². The fraction of sp³-hybridized carbons (Fsp3) is 0.500. The third-order valence-corrected chi connectivity index (χ3v) is 4.94. The van der Waals surface area contributed by atoms with Crippen molar-refractivity contribution in [1.82, 2.24) is 14.9 Å². The minimum Gasteiger partial charge on any atom is -0.493 e. The smallest absolute Gasteiger partial charge is 0.165 e. The number of nitrogens with zero attached hydrogens (tertiary/aromatic N) is 3. The van der Waals surface area contributed by atoms with Crippen molar-refractivity contribution in [2.24, 2.45) is 0 Å². The predicted octanol–water partition coefficient (Wildman–Crippen LogP) is 3.32. The van der Waals surface area contributed by atoms with Crippen LogP contribution < -0.4 is 9.47 Å². The average Bonchev–Trinajstić information content (AvgIpc) is 3.48. The molecular weight excluding hydrogens is 314 g/mol. The first-order chi connectivity index (χ1) is 12.3. The molecule has 0 N–H and O–H groups in total. The topological polar surface area (TPSA) is 47.5 Å². The van der Waals surface area contributed by atoms with E-state index < -0.39 is 0 Å². The van der Waals surface area contributed by atoms with Gasteiger partial charge in [-0.3, -0.25) is 4.90 Å². The van der Waals surface area contributed by atoms with Crippen LogP contribution in [-0.2, 0) is 19.5 Å². The molecule has 1 aromatic carbocycles. The van der Waals surface area contributed by atoms with E-state index in [0.717, 1.165) is 43.4 Å². The van der Waals surface area contributed by atoms with E-state index in [-0.39, 0.29) is 0 Å². The Hall–Kier alpha value is -2.14.